The van der Waals surface area contributed by atoms with E-state index < -0.39 is 0 Å². The zero-order chi connectivity index (χ0) is 17.4. The Labute approximate surface area is 149 Å². The second-order valence-corrected chi connectivity index (χ2v) is 6.54. The van der Waals surface area contributed by atoms with E-state index in [4.69, 9.17) is 17.3 Å². The number of hydrogen-bond acceptors (Lipinski definition) is 3. The molecule has 1 saturated carbocycles. The molecule has 0 spiro atoms. The number of rotatable bonds is 2. The number of anilines is 1. The molecule has 5 rings (SSSR count). The molecule has 126 valence electrons. The molecule has 25 heavy (non-hydrogen) atoms. The van der Waals surface area contributed by atoms with Crippen molar-refractivity contribution in [2.75, 3.05) is 5.73 Å². The van der Waals surface area contributed by atoms with Crippen LogP contribution >= 0.6 is 11.6 Å². The smallest absolute Gasteiger partial charge is 0.170 e. The minimum atomic E-state index is 0.231. The van der Waals surface area contributed by atoms with Gasteiger partial charge in [0.25, 0.3) is 0 Å². The Balaban J connectivity index is 0.000000474. The number of nitrogens with two attached hydrogens (primary N) is 1. The summed E-state index contributed by atoms with van der Waals surface area (Å²) in [5.74, 6) is 0.231. The summed E-state index contributed by atoms with van der Waals surface area (Å²) in [5.41, 5.74) is 9.70. The molecule has 0 aliphatic heterocycles. The Morgan fingerprint density at radius 3 is 2.72 bits per heavy atom. The van der Waals surface area contributed by atoms with Gasteiger partial charge in [0.2, 0.25) is 0 Å². The number of aldehydes is 1. The van der Waals surface area contributed by atoms with Gasteiger partial charge in [-0.05, 0) is 30.3 Å². The van der Waals surface area contributed by atoms with Crippen LogP contribution in [0.1, 0.15) is 29.8 Å². The Morgan fingerprint density at radius 2 is 2.00 bits per heavy atom. The fourth-order valence-electron chi connectivity index (χ4n) is 2.69. The number of nitrogens with zero attached hydrogens (tertiary/aromatic N) is 2. The number of halogens is 1. The predicted octanol–water partition coefficient (Wildman–Crippen LogP) is 4.70. The third-order valence-electron chi connectivity index (χ3n) is 4.10. The number of pyridine rings is 1. The number of nitrogens with one attached hydrogen (secondary N) is 1. The van der Waals surface area contributed by atoms with Crippen molar-refractivity contribution in [3.63, 3.8) is 0 Å². The van der Waals surface area contributed by atoms with E-state index in [1.807, 2.05) is 42.7 Å². The van der Waals surface area contributed by atoms with Crippen LogP contribution in [0.15, 0.2) is 42.7 Å². The lowest BCUT2D eigenvalue weighted by Gasteiger charge is -2.03. The van der Waals surface area contributed by atoms with Gasteiger partial charge in [0.05, 0.1) is 0 Å². The van der Waals surface area contributed by atoms with Gasteiger partial charge in [-0.2, -0.15) is 0 Å². The van der Waals surface area contributed by atoms with Gasteiger partial charge in [-0.15, -0.1) is 0 Å². The first-order chi connectivity index (χ1) is 12.2. The number of H-pyrrole nitrogens is 1. The SMILES string of the molecule is C1CC1.Nc1nc2ccc(-c3c[nH]c4ccc(Cl)cc34)cn2c1C=O. The van der Waals surface area contributed by atoms with Crippen molar-refractivity contribution in [2.24, 2.45) is 0 Å². The highest BCUT2D eigenvalue weighted by molar-refractivity contribution is 6.31. The highest BCUT2D eigenvalue weighted by Crippen LogP contribution is 2.31. The van der Waals surface area contributed by atoms with Crippen molar-refractivity contribution in [3.05, 3.63) is 53.4 Å². The average molecular weight is 353 g/mol. The van der Waals surface area contributed by atoms with Gasteiger partial charge >= 0.3 is 0 Å². The van der Waals surface area contributed by atoms with Crippen LogP contribution in [0.5, 0.6) is 0 Å². The topological polar surface area (TPSA) is 76.2 Å². The minimum Gasteiger partial charge on any atom is -0.382 e. The normalized spacial score (nSPS) is 12.8. The molecule has 5 nitrogen and oxygen atoms in total. The van der Waals surface area contributed by atoms with Gasteiger partial charge < -0.3 is 10.7 Å². The molecule has 3 heterocycles. The molecule has 0 amide bonds. The Bertz CT molecular complexity index is 1080. The summed E-state index contributed by atoms with van der Waals surface area (Å²) in [6.07, 6.45) is 8.99. The van der Waals surface area contributed by atoms with E-state index in [9.17, 15) is 4.79 Å². The Morgan fingerprint density at radius 1 is 1.20 bits per heavy atom. The molecule has 0 bridgehead atoms. The fourth-order valence-corrected chi connectivity index (χ4v) is 2.86. The van der Waals surface area contributed by atoms with Gasteiger partial charge in [-0.25, -0.2) is 4.98 Å². The summed E-state index contributed by atoms with van der Waals surface area (Å²) in [6, 6.07) is 9.47. The maximum Gasteiger partial charge on any atom is 0.170 e. The van der Waals surface area contributed by atoms with Gasteiger partial charge in [0.1, 0.15) is 11.3 Å². The predicted molar refractivity (Wildman–Crippen MR) is 101 cm³/mol. The summed E-state index contributed by atoms with van der Waals surface area (Å²) in [4.78, 5) is 18.6. The van der Waals surface area contributed by atoms with E-state index in [0.717, 1.165) is 22.0 Å². The number of carbonyl (C=O) groups excluding carboxylic acids is 1. The molecule has 1 fully saturated rings. The van der Waals surface area contributed by atoms with Crippen LogP contribution in [-0.4, -0.2) is 20.7 Å². The second-order valence-electron chi connectivity index (χ2n) is 6.10. The highest BCUT2D eigenvalue weighted by Gasteiger charge is 2.12. The van der Waals surface area contributed by atoms with E-state index in [0.29, 0.717) is 22.6 Å². The van der Waals surface area contributed by atoms with Crippen LogP contribution in [0.2, 0.25) is 5.02 Å². The quantitative estimate of drug-likeness (QED) is 0.513. The fraction of sp³-hybridized carbons (Fsp3) is 0.158. The summed E-state index contributed by atoms with van der Waals surface area (Å²) in [5, 5.41) is 1.70. The van der Waals surface area contributed by atoms with E-state index in [1.54, 1.807) is 4.40 Å². The van der Waals surface area contributed by atoms with Crippen LogP contribution in [-0.2, 0) is 0 Å². The lowest BCUT2D eigenvalue weighted by molar-refractivity contribution is 0.111. The Kier molecular flexibility index (Phi) is 3.93. The summed E-state index contributed by atoms with van der Waals surface area (Å²) >= 11 is 6.09. The molecule has 1 aliphatic carbocycles. The minimum absolute atomic E-state index is 0.231. The first-order valence-electron chi connectivity index (χ1n) is 8.17. The number of aromatic nitrogens is 3. The molecular formula is C19H17ClN4O. The molecule has 1 aromatic carbocycles. The van der Waals surface area contributed by atoms with Crippen molar-refractivity contribution in [2.45, 2.75) is 19.3 Å². The second kappa shape index (κ2) is 6.26. The largest absolute Gasteiger partial charge is 0.382 e. The third kappa shape index (κ3) is 2.98. The van der Waals surface area contributed by atoms with Gasteiger partial charge in [0.15, 0.2) is 12.1 Å². The molecule has 6 heteroatoms. The van der Waals surface area contributed by atoms with E-state index >= 15 is 0 Å². The first-order valence-corrected chi connectivity index (χ1v) is 8.55. The Hall–Kier alpha value is -2.79. The summed E-state index contributed by atoms with van der Waals surface area (Å²) < 4.78 is 1.70. The lowest BCUT2D eigenvalue weighted by atomic mass is 10.1. The van der Waals surface area contributed by atoms with Crippen molar-refractivity contribution < 1.29 is 4.79 Å². The standard InChI is InChI=1S/C16H11ClN4O.C3H6/c17-10-2-3-13-11(5-10)12(6-19-13)9-1-4-15-20-16(18)14(8-22)21(15)7-9;1-2-3-1/h1-8,19H,18H2;1-3H2. The molecule has 1 aliphatic rings. The maximum atomic E-state index is 11.2. The molecule has 0 saturated heterocycles. The number of carbonyl (C=O) groups is 1. The molecule has 0 atom stereocenters. The van der Waals surface area contributed by atoms with E-state index in [-0.39, 0.29) is 5.82 Å². The number of fused-ring (bicyclic) bond motifs is 2. The lowest BCUT2D eigenvalue weighted by Crippen LogP contribution is -1.95. The zero-order valence-electron chi connectivity index (χ0n) is 13.5. The number of benzene rings is 1. The van der Waals surface area contributed by atoms with E-state index in [2.05, 4.69) is 9.97 Å². The first kappa shape index (κ1) is 15.7. The number of nitrogen functional groups attached to an aromatic ring is 1. The monoisotopic (exact) mass is 352 g/mol. The van der Waals surface area contributed by atoms with Gasteiger partial charge in [0, 0.05) is 39.4 Å². The van der Waals surface area contributed by atoms with Crippen molar-refractivity contribution in [1.29, 1.82) is 0 Å². The molecule has 3 aromatic heterocycles. The number of imidazole rings is 1. The maximum absolute atomic E-state index is 11.2. The molecule has 4 aromatic rings. The third-order valence-corrected chi connectivity index (χ3v) is 4.34. The molecular weight excluding hydrogens is 336 g/mol. The van der Waals surface area contributed by atoms with Crippen LogP contribution in [0.3, 0.4) is 0 Å². The van der Waals surface area contributed by atoms with Crippen molar-refractivity contribution in [1.82, 2.24) is 14.4 Å². The van der Waals surface area contributed by atoms with Crippen LogP contribution in [0.4, 0.5) is 5.82 Å². The van der Waals surface area contributed by atoms with E-state index in [1.165, 1.54) is 19.3 Å². The summed E-state index contributed by atoms with van der Waals surface area (Å²) in [7, 11) is 0. The van der Waals surface area contributed by atoms with Gasteiger partial charge in [-0.3, -0.25) is 9.20 Å². The van der Waals surface area contributed by atoms with Crippen LogP contribution in [0.25, 0.3) is 27.7 Å². The van der Waals surface area contributed by atoms with Crippen molar-refractivity contribution in [3.8, 4) is 11.1 Å². The van der Waals surface area contributed by atoms with Gasteiger partial charge in [-0.1, -0.05) is 30.9 Å². The number of aromatic amines is 1. The van der Waals surface area contributed by atoms with Crippen LogP contribution in [0, 0.1) is 0 Å². The molecule has 0 unspecified atom stereocenters. The zero-order valence-corrected chi connectivity index (χ0v) is 14.3. The van der Waals surface area contributed by atoms with Crippen molar-refractivity contribution >= 4 is 40.3 Å². The number of hydrogen-bond donors (Lipinski definition) is 2. The van der Waals surface area contributed by atoms with Crippen LogP contribution < -0.4 is 5.73 Å². The summed E-state index contributed by atoms with van der Waals surface area (Å²) in [6.45, 7) is 0. The average Bonchev–Trinajstić information content (AvgIpc) is 3.38. The molecule has 0 radical (unpaired) electrons. The molecule has 3 N–H and O–H groups in total. The highest BCUT2D eigenvalue weighted by atomic mass is 35.5.